The molecule has 1 aliphatic heterocycles. The number of aromatic nitrogens is 2. The molecule has 1 aromatic carbocycles. The molecule has 0 aliphatic carbocycles. The average Bonchev–Trinajstić information content (AvgIpc) is 2.82. The second-order valence-electron chi connectivity index (χ2n) is 8.73. The molecule has 8 nitrogen and oxygen atoms in total. The monoisotopic (exact) mass is 493 g/mol. The summed E-state index contributed by atoms with van der Waals surface area (Å²) in [5.41, 5.74) is 6.99. The van der Waals surface area contributed by atoms with Crippen molar-refractivity contribution in [3.63, 3.8) is 0 Å². The number of nitrogens with zero attached hydrogens (tertiary/aromatic N) is 3. The summed E-state index contributed by atoms with van der Waals surface area (Å²) in [5.74, 6) is -0.923. The molecule has 35 heavy (non-hydrogen) atoms. The van der Waals surface area contributed by atoms with Gasteiger partial charge in [0.2, 0.25) is 11.7 Å². The van der Waals surface area contributed by atoms with Crippen LogP contribution in [-0.2, 0) is 17.4 Å². The molecule has 3 N–H and O–H groups in total. The predicted molar refractivity (Wildman–Crippen MR) is 124 cm³/mol. The molecule has 1 aliphatic rings. The highest BCUT2D eigenvalue weighted by molar-refractivity contribution is 5.97. The minimum Gasteiger partial charge on any atom is -0.497 e. The number of ether oxygens (including phenoxy) is 1. The first-order valence-electron chi connectivity index (χ1n) is 11.4. The van der Waals surface area contributed by atoms with Gasteiger partial charge in [-0.3, -0.25) is 9.59 Å². The number of nitrogens with one attached hydrogen (secondary N) is 1. The number of nitrogen functional groups attached to an aromatic ring is 1. The number of benzene rings is 1. The van der Waals surface area contributed by atoms with E-state index in [4.69, 9.17) is 10.5 Å². The molecule has 0 radical (unpaired) electrons. The topological polar surface area (TPSA) is 110 Å². The van der Waals surface area contributed by atoms with Gasteiger partial charge in [-0.25, -0.2) is 9.97 Å². The molecule has 11 heteroatoms. The van der Waals surface area contributed by atoms with E-state index in [-0.39, 0.29) is 23.3 Å². The number of anilines is 1. The zero-order valence-electron chi connectivity index (χ0n) is 20.0. The van der Waals surface area contributed by atoms with Crippen LogP contribution in [0.25, 0.3) is 0 Å². The quantitative estimate of drug-likeness (QED) is 0.612. The molecule has 0 spiro atoms. The van der Waals surface area contributed by atoms with Crippen molar-refractivity contribution in [1.82, 2.24) is 20.2 Å². The number of rotatable bonds is 7. The van der Waals surface area contributed by atoms with Crippen LogP contribution >= 0.6 is 0 Å². The van der Waals surface area contributed by atoms with Gasteiger partial charge in [0.15, 0.2) is 0 Å². The Morgan fingerprint density at radius 3 is 2.37 bits per heavy atom. The Morgan fingerprint density at radius 1 is 1.20 bits per heavy atom. The van der Waals surface area contributed by atoms with E-state index in [1.54, 1.807) is 43.2 Å². The van der Waals surface area contributed by atoms with Crippen molar-refractivity contribution in [2.24, 2.45) is 5.92 Å². The minimum absolute atomic E-state index is 0.140. The van der Waals surface area contributed by atoms with Crippen molar-refractivity contribution in [2.75, 3.05) is 25.9 Å². The lowest BCUT2D eigenvalue weighted by molar-refractivity contribution is -0.145. The number of hydrogen-bond donors (Lipinski definition) is 2. The number of piperidine rings is 1. The zero-order valence-corrected chi connectivity index (χ0v) is 20.0. The maximum Gasteiger partial charge on any atom is 0.451 e. The van der Waals surface area contributed by atoms with Gasteiger partial charge in [0.1, 0.15) is 17.6 Å². The number of likely N-dealkylation sites (tertiary alicyclic amines) is 1. The van der Waals surface area contributed by atoms with E-state index in [1.807, 2.05) is 0 Å². The first-order chi connectivity index (χ1) is 16.5. The van der Waals surface area contributed by atoms with Gasteiger partial charge in [0.05, 0.1) is 7.11 Å². The third-order valence-corrected chi connectivity index (χ3v) is 6.30. The Hall–Kier alpha value is -3.37. The largest absolute Gasteiger partial charge is 0.497 e. The van der Waals surface area contributed by atoms with Gasteiger partial charge >= 0.3 is 6.18 Å². The number of carbonyl (C=O) groups is 2. The summed E-state index contributed by atoms with van der Waals surface area (Å²) >= 11 is 0. The van der Waals surface area contributed by atoms with Gasteiger partial charge in [-0.1, -0.05) is 0 Å². The molecule has 1 saturated heterocycles. The van der Waals surface area contributed by atoms with Gasteiger partial charge in [-0.15, -0.1) is 0 Å². The Kier molecular flexibility index (Phi) is 8.18. The van der Waals surface area contributed by atoms with E-state index < -0.39 is 18.0 Å². The summed E-state index contributed by atoms with van der Waals surface area (Å²) in [5, 5.41) is 2.74. The third-order valence-electron chi connectivity index (χ3n) is 6.30. The molecule has 1 atom stereocenters. The fourth-order valence-electron chi connectivity index (χ4n) is 4.20. The number of amides is 2. The molecule has 1 unspecified atom stereocenters. The average molecular weight is 494 g/mol. The van der Waals surface area contributed by atoms with E-state index in [0.29, 0.717) is 48.7 Å². The number of methoxy groups -OCH3 is 1. The van der Waals surface area contributed by atoms with Gasteiger partial charge in [-0.2, -0.15) is 13.2 Å². The summed E-state index contributed by atoms with van der Waals surface area (Å²) in [6, 6.07) is 5.95. The number of carbonyl (C=O) groups excluding carboxylic acids is 2. The van der Waals surface area contributed by atoms with Crippen LogP contribution in [0.15, 0.2) is 24.3 Å². The highest BCUT2D eigenvalue weighted by Gasteiger charge is 2.36. The summed E-state index contributed by atoms with van der Waals surface area (Å²) in [4.78, 5) is 34.0. The van der Waals surface area contributed by atoms with Crippen molar-refractivity contribution in [3.8, 4) is 5.75 Å². The van der Waals surface area contributed by atoms with Crippen molar-refractivity contribution in [1.29, 1.82) is 0 Å². The van der Waals surface area contributed by atoms with Gasteiger partial charge in [0.25, 0.3) is 5.91 Å². The third kappa shape index (κ3) is 6.61. The number of hydrogen-bond acceptors (Lipinski definition) is 6. The SMILES string of the molecule is COc1ccc(C(=O)NC(C)C(=O)N2CCC(CCc3c(C)nc(C(F)(F)F)nc3N)CC2)cc1. The van der Waals surface area contributed by atoms with Gasteiger partial charge in [0, 0.05) is 29.9 Å². The molecule has 1 aromatic heterocycles. The van der Waals surface area contributed by atoms with Crippen LogP contribution in [0.4, 0.5) is 19.0 Å². The molecule has 2 heterocycles. The standard InChI is InChI=1S/C24H30F3N5O3/c1-14-19(20(28)31-23(30-14)24(25,26)27)9-4-16-10-12-32(13-11-16)22(34)15(2)29-21(33)17-5-7-18(35-3)8-6-17/h5-8,15-16H,4,9-13H2,1-3H3,(H,29,33)(H2,28,30,31). The van der Waals surface area contributed by atoms with E-state index in [0.717, 1.165) is 12.8 Å². The Labute approximate surface area is 202 Å². The molecule has 0 bridgehead atoms. The second kappa shape index (κ2) is 10.9. The smallest absolute Gasteiger partial charge is 0.451 e. The first-order valence-corrected chi connectivity index (χ1v) is 11.4. The minimum atomic E-state index is -4.64. The zero-order chi connectivity index (χ0) is 25.8. The van der Waals surface area contributed by atoms with Gasteiger partial charge in [-0.05, 0) is 69.7 Å². The van der Waals surface area contributed by atoms with E-state index >= 15 is 0 Å². The van der Waals surface area contributed by atoms with Gasteiger partial charge < -0.3 is 20.7 Å². The molecule has 2 amide bonds. The molecule has 3 rings (SSSR count). The fourth-order valence-corrected chi connectivity index (χ4v) is 4.20. The van der Waals surface area contributed by atoms with E-state index in [1.165, 1.54) is 6.92 Å². The highest BCUT2D eigenvalue weighted by Crippen LogP contribution is 2.30. The number of aryl methyl sites for hydroxylation is 1. The van der Waals surface area contributed by atoms with E-state index in [9.17, 15) is 22.8 Å². The van der Waals surface area contributed by atoms with E-state index in [2.05, 4.69) is 15.3 Å². The lowest BCUT2D eigenvalue weighted by Crippen LogP contribution is -2.49. The highest BCUT2D eigenvalue weighted by atomic mass is 19.4. The Morgan fingerprint density at radius 2 is 1.83 bits per heavy atom. The molecule has 2 aromatic rings. The molecular weight excluding hydrogens is 463 g/mol. The first kappa shape index (κ1) is 26.2. The van der Waals surface area contributed by atoms with Crippen LogP contribution in [0.1, 0.15) is 53.6 Å². The van der Waals surface area contributed by atoms with Crippen molar-refractivity contribution >= 4 is 17.6 Å². The maximum atomic E-state index is 12.9. The van der Waals surface area contributed by atoms with Crippen LogP contribution in [0.2, 0.25) is 0 Å². The number of nitrogens with two attached hydrogens (primary N) is 1. The predicted octanol–water partition coefficient (Wildman–Crippen LogP) is 3.38. The number of halogens is 3. The lowest BCUT2D eigenvalue weighted by atomic mass is 9.90. The summed E-state index contributed by atoms with van der Waals surface area (Å²) in [6.07, 6.45) is -1.94. The van der Waals surface area contributed by atoms with Crippen LogP contribution < -0.4 is 15.8 Å². The molecule has 190 valence electrons. The fraction of sp³-hybridized carbons (Fsp3) is 0.500. The van der Waals surface area contributed by atoms with Crippen LogP contribution in [0.3, 0.4) is 0 Å². The summed E-state index contributed by atoms with van der Waals surface area (Å²) < 4.78 is 43.7. The van der Waals surface area contributed by atoms with Crippen molar-refractivity contribution in [3.05, 3.63) is 46.9 Å². The van der Waals surface area contributed by atoms with Crippen LogP contribution in [0, 0.1) is 12.8 Å². The molecular formula is C24H30F3N5O3. The van der Waals surface area contributed by atoms with Crippen LogP contribution in [-0.4, -0.2) is 52.9 Å². The molecule has 1 fully saturated rings. The number of alkyl halides is 3. The molecule has 0 saturated carbocycles. The summed E-state index contributed by atoms with van der Waals surface area (Å²) in [7, 11) is 1.54. The van der Waals surface area contributed by atoms with Crippen LogP contribution in [0.5, 0.6) is 5.75 Å². The van der Waals surface area contributed by atoms with Crippen molar-refractivity contribution < 1.29 is 27.5 Å². The maximum absolute atomic E-state index is 12.9. The Balaban J connectivity index is 1.48. The van der Waals surface area contributed by atoms with Crippen molar-refractivity contribution in [2.45, 2.75) is 51.7 Å². The summed E-state index contributed by atoms with van der Waals surface area (Å²) in [6.45, 7) is 4.26. The Bertz CT molecular complexity index is 1030. The second-order valence-corrected chi connectivity index (χ2v) is 8.73. The lowest BCUT2D eigenvalue weighted by Gasteiger charge is -2.34. The normalized spacial score (nSPS) is 15.5.